The van der Waals surface area contributed by atoms with Gasteiger partial charge in [-0.15, -0.1) is 0 Å². The number of hydrogen-bond acceptors (Lipinski definition) is 5. The molecule has 2 atom stereocenters. The van der Waals surface area contributed by atoms with Crippen LogP contribution >= 0.6 is 0 Å². The van der Waals surface area contributed by atoms with Gasteiger partial charge in [0.1, 0.15) is 12.1 Å². The average Bonchev–Trinajstić information content (AvgIpc) is 2.88. The summed E-state index contributed by atoms with van der Waals surface area (Å²) in [6.07, 6.45) is 4.77. The zero-order valence-corrected chi connectivity index (χ0v) is 19.4. The maximum atomic E-state index is 12.9. The third-order valence-corrected chi connectivity index (χ3v) is 6.01. The van der Waals surface area contributed by atoms with Crippen molar-refractivity contribution < 1.29 is 14.4 Å². The van der Waals surface area contributed by atoms with Gasteiger partial charge in [-0.3, -0.25) is 24.8 Å². The Morgan fingerprint density at radius 1 is 0.743 bits per heavy atom. The summed E-state index contributed by atoms with van der Waals surface area (Å²) in [4.78, 5) is 42.4. The molecular weight excluding hydrogens is 442 g/mol. The number of carbonyl (C=O) groups excluding carboxylic acids is 3. The van der Waals surface area contributed by atoms with Crippen LogP contribution in [0.15, 0.2) is 85.2 Å². The molecule has 0 radical (unpaired) electrons. The molecule has 0 spiro atoms. The van der Waals surface area contributed by atoms with Crippen LogP contribution in [-0.2, 0) is 22.4 Å². The van der Waals surface area contributed by atoms with Crippen molar-refractivity contribution in [1.29, 1.82) is 0 Å². The minimum Gasteiger partial charge on any atom is -0.354 e. The SMILES string of the molecule is O=C(NN1[C@H](C(=O)NCCc2ccccc2)C[C@H]1C(=O)NCCc1ccccc1)c1ccncc1. The second-order valence-corrected chi connectivity index (χ2v) is 8.40. The van der Waals surface area contributed by atoms with Crippen LogP contribution in [0.4, 0.5) is 0 Å². The first-order chi connectivity index (χ1) is 17.1. The summed E-state index contributed by atoms with van der Waals surface area (Å²) in [7, 11) is 0. The van der Waals surface area contributed by atoms with Crippen LogP contribution in [0.1, 0.15) is 27.9 Å². The number of amides is 3. The van der Waals surface area contributed by atoms with E-state index in [1.165, 1.54) is 17.4 Å². The Labute approximate surface area is 204 Å². The average molecular weight is 472 g/mol. The highest BCUT2D eigenvalue weighted by atomic mass is 16.2. The van der Waals surface area contributed by atoms with Crippen molar-refractivity contribution in [3.8, 4) is 0 Å². The van der Waals surface area contributed by atoms with E-state index in [4.69, 9.17) is 0 Å². The fourth-order valence-corrected chi connectivity index (χ4v) is 4.01. The number of hydrogen-bond donors (Lipinski definition) is 3. The number of hydrazine groups is 1. The van der Waals surface area contributed by atoms with Gasteiger partial charge in [0, 0.05) is 31.0 Å². The van der Waals surface area contributed by atoms with E-state index in [-0.39, 0.29) is 11.8 Å². The Bertz CT molecular complexity index is 1060. The standard InChI is InChI=1S/C27H29N5O3/c33-25(22-13-15-28-16-14-22)31-32-23(26(34)29-17-11-20-7-3-1-4-8-20)19-24(32)27(35)30-18-12-21-9-5-2-6-10-21/h1-10,13-16,23-24H,11-12,17-19H2,(H,29,34)(H,30,35)(H,31,33)/t23-,24-/m0/s1. The zero-order chi connectivity index (χ0) is 24.5. The van der Waals surface area contributed by atoms with Gasteiger partial charge in [-0.25, -0.2) is 0 Å². The monoisotopic (exact) mass is 471 g/mol. The van der Waals surface area contributed by atoms with Gasteiger partial charge in [0.25, 0.3) is 5.91 Å². The van der Waals surface area contributed by atoms with Gasteiger partial charge in [0.15, 0.2) is 0 Å². The third kappa shape index (κ3) is 6.51. The Morgan fingerprint density at radius 2 is 1.23 bits per heavy atom. The quantitative estimate of drug-likeness (QED) is 0.419. The number of nitrogens with one attached hydrogen (secondary N) is 3. The van der Waals surface area contributed by atoms with Crippen molar-refractivity contribution in [2.24, 2.45) is 0 Å². The molecule has 1 aliphatic rings. The first-order valence-electron chi connectivity index (χ1n) is 11.7. The van der Waals surface area contributed by atoms with Crippen molar-refractivity contribution >= 4 is 17.7 Å². The first kappa shape index (κ1) is 24.1. The molecule has 35 heavy (non-hydrogen) atoms. The molecule has 2 aromatic carbocycles. The summed E-state index contributed by atoms with van der Waals surface area (Å²) < 4.78 is 0. The maximum absolute atomic E-state index is 12.9. The lowest BCUT2D eigenvalue weighted by molar-refractivity contribution is -0.147. The largest absolute Gasteiger partial charge is 0.354 e. The fraction of sp³-hybridized carbons (Fsp3) is 0.259. The lowest BCUT2D eigenvalue weighted by atomic mass is 9.93. The minimum absolute atomic E-state index is 0.218. The van der Waals surface area contributed by atoms with Crippen molar-refractivity contribution in [1.82, 2.24) is 26.1 Å². The molecule has 1 aromatic heterocycles. The van der Waals surface area contributed by atoms with Crippen molar-refractivity contribution in [3.05, 3.63) is 102 Å². The summed E-state index contributed by atoms with van der Waals surface area (Å²) in [6, 6.07) is 21.7. The predicted octanol–water partition coefficient (Wildman–Crippen LogP) is 1.89. The van der Waals surface area contributed by atoms with Crippen LogP contribution < -0.4 is 16.1 Å². The Hall–Kier alpha value is -4.04. The van der Waals surface area contributed by atoms with Gasteiger partial charge in [-0.05, 0) is 42.5 Å². The Kier molecular flexibility index (Phi) is 8.19. The van der Waals surface area contributed by atoms with Crippen molar-refractivity contribution in [2.75, 3.05) is 13.1 Å². The molecule has 3 N–H and O–H groups in total. The summed E-state index contributed by atoms with van der Waals surface area (Å²) >= 11 is 0. The molecule has 0 aliphatic carbocycles. The van der Waals surface area contributed by atoms with Gasteiger partial charge in [-0.2, -0.15) is 5.01 Å². The lowest BCUT2D eigenvalue weighted by Crippen LogP contribution is -2.71. The topological polar surface area (TPSA) is 103 Å². The smallest absolute Gasteiger partial charge is 0.265 e. The molecule has 0 bridgehead atoms. The number of aromatic nitrogens is 1. The molecule has 3 amide bonds. The van der Waals surface area contributed by atoms with Gasteiger partial charge in [0.05, 0.1) is 0 Å². The van der Waals surface area contributed by atoms with Crippen LogP contribution in [-0.4, -0.2) is 52.9 Å². The molecule has 1 saturated heterocycles. The molecule has 0 unspecified atom stereocenters. The summed E-state index contributed by atoms with van der Waals surface area (Å²) in [5.74, 6) is -0.829. The van der Waals surface area contributed by atoms with Gasteiger partial charge < -0.3 is 10.6 Å². The molecule has 8 heteroatoms. The molecule has 3 aromatic rings. The van der Waals surface area contributed by atoms with E-state index in [0.29, 0.717) is 37.9 Å². The second-order valence-electron chi connectivity index (χ2n) is 8.40. The van der Waals surface area contributed by atoms with E-state index in [1.807, 2.05) is 60.7 Å². The summed E-state index contributed by atoms with van der Waals surface area (Å²) in [6.45, 7) is 0.943. The highest BCUT2D eigenvalue weighted by molar-refractivity contribution is 5.95. The van der Waals surface area contributed by atoms with Gasteiger partial charge >= 0.3 is 0 Å². The van der Waals surface area contributed by atoms with Crippen LogP contribution in [0.2, 0.25) is 0 Å². The molecule has 180 valence electrons. The maximum Gasteiger partial charge on any atom is 0.265 e. The molecule has 1 aliphatic heterocycles. The second kappa shape index (κ2) is 11.9. The van der Waals surface area contributed by atoms with E-state index in [9.17, 15) is 14.4 Å². The summed E-state index contributed by atoms with van der Waals surface area (Å²) in [5.41, 5.74) is 5.41. The van der Waals surface area contributed by atoms with Crippen LogP contribution in [0.25, 0.3) is 0 Å². The third-order valence-electron chi connectivity index (χ3n) is 6.01. The number of pyridine rings is 1. The number of benzene rings is 2. The van der Waals surface area contributed by atoms with Crippen LogP contribution in [0.5, 0.6) is 0 Å². The Balaban J connectivity index is 1.35. The molecule has 4 rings (SSSR count). The van der Waals surface area contributed by atoms with Crippen LogP contribution in [0.3, 0.4) is 0 Å². The van der Waals surface area contributed by atoms with E-state index >= 15 is 0 Å². The van der Waals surface area contributed by atoms with E-state index in [2.05, 4.69) is 21.0 Å². The van der Waals surface area contributed by atoms with E-state index in [0.717, 1.165) is 11.1 Å². The first-order valence-corrected chi connectivity index (χ1v) is 11.7. The normalized spacial score (nSPS) is 17.1. The highest BCUT2D eigenvalue weighted by Gasteiger charge is 2.47. The number of carbonyl (C=O) groups is 3. The van der Waals surface area contributed by atoms with E-state index in [1.54, 1.807) is 12.1 Å². The fourth-order valence-electron chi connectivity index (χ4n) is 4.01. The molecule has 0 saturated carbocycles. The van der Waals surface area contributed by atoms with Gasteiger partial charge in [-0.1, -0.05) is 60.7 Å². The predicted molar refractivity (Wildman–Crippen MR) is 132 cm³/mol. The molecular formula is C27H29N5O3. The Morgan fingerprint density at radius 3 is 1.71 bits per heavy atom. The summed E-state index contributed by atoms with van der Waals surface area (Å²) in [5, 5.41) is 7.31. The van der Waals surface area contributed by atoms with Crippen LogP contribution in [0, 0.1) is 0 Å². The molecule has 1 fully saturated rings. The zero-order valence-electron chi connectivity index (χ0n) is 19.4. The van der Waals surface area contributed by atoms with Gasteiger partial charge in [0.2, 0.25) is 11.8 Å². The number of rotatable bonds is 10. The molecule has 8 nitrogen and oxygen atoms in total. The molecule has 2 heterocycles. The number of nitrogens with zero attached hydrogens (tertiary/aromatic N) is 2. The van der Waals surface area contributed by atoms with Crippen molar-refractivity contribution in [2.45, 2.75) is 31.3 Å². The van der Waals surface area contributed by atoms with Crippen molar-refractivity contribution in [3.63, 3.8) is 0 Å². The minimum atomic E-state index is -0.624. The lowest BCUT2D eigenvalue weighted by Gasteiger charge is -2.45. The van der Waals surface area contributed by atoms with E-state index < -0.39 is 18.0 Å². The highest BCUT2D eigenvalue weighted by Crippen LogP contribution is 2.24.